The van der Waals surface area contributed by atoms with Crippen molar-refractivity contribution in [2.45, 2.75) is 52.9 Å². The Hall–Kier alpha value is -4.31. The molecule has 50 heavy (non-hydrogen) atoms. The summed E-state index contributed by atoms with van der Waals surface area (Å²) in [6, 6.07) is 23.4. The molecule has 0 radical (unpaired) electrons. The number of hydrogen-bond donors (Lipinski definition) is 2. The molecule has 0 atom stereocenters. The second-order valence-electron chi connectivity index (χ2n) is 14.3. The summed E-state index contributed by atoms with van der Waals surface area (Å²) in [5, 5.41) is 6.76. The van der Waals surface area contributed by atoms with E-state index in [-0.39, 0.29) is 23.1 Å². The second-order valence-corrected chi connectivity index (χ2v) is 15.5. The molecule has 0 spiro atoms. The van der Waals surface area contributed by atoms with Crippen molar-refractivity contribution in [3.8, 4) is 0 Å². The molecular weight excluding hydrogens is 645 g/mol. The predicted molar refractivity (Wildman–Crippen MR) is 202 cm³/mol. The molecule has 0 unspecified atom stereocenters. The van der Waals surface area contributed by atoms with Gasteiger partial charge in [0.05, 0.1) is 18.8 Å². The van der Waals surface area contributed by atoms with Crippen molar-refractivity contribution in [3.05, 3.63) is 117 Å². The van der Waals surface area contributed by atoms with Crippen LogP contribution in [-0.4, -0.2) is 74.0 Å². The van der Waals surface area contributed by atoms with Crippen molar-refractivity contribution in [1.82, 2.24) is 9.80 Å². The van der Waals surface area contributed by atoms with Gasteiger partial charge < -0.3 is 20.3 Å². The van der Waals surface area contributed by atoms with Gasteiger partial charge in [-0.25, -0.2) is 0 Å². The van der Waals surface area contributed by atoms with Gasteiger partial charge in [0.15, 0.2) is 0 Å². The van der Waals surface area contributed by atoms with Gasteiger partial charge in [0.25, 0.3) is 17.7 Å². The summed E-state index contributed by atoms with van der Waals surface area (Å²) in [6.45, 7) is 11.1. The lowest BCUT2D eigenvalue weighted by Crippen LogP contribution is -2.41. The van der Waals surface area contributed by atoms with Gasteiger partial charge in [0.2, 0.25) is 0 Å². The van der Waals surface area contributed by atoms with Crippen molar-refractivity contribution in [3.63, 3.8) is 0 Å². The van der Waals surface area contributed by atoms with E-state index < -0.39 is 0 Å². The fourth-order valence-corrected chi connectivity index (χ4v) is 8.31. The highest BCUT2D eigenvalue weighted by molar-refractivity contribution is 7.17. The third-order valence-electron chi connectivity index (χ3n) is 9.94. The van der Waals surface area contributed by atoms with Crippen molar-refractivity contribution in [2.24, 2.45) is 5.41 Å². The summed E-state index contributed by atoms with van der Waals surface area (Å²) in [6.07, 6.45) is 4.46. The van der Waals surface area contributed by atoms with E-state index in [1.807, 2.05) is 18.2 Å². The number of amides is 3. The number of hydrogen-bond acceptors (Lipinski definition) is 6. The van der Waals surface area contributed by atoms with E-state index >= 15 is 0 Å². The largest absolute Gasteiger partial charge is 0.379 e. The van der Waals surface area contributed by atoms with Gasteiger partial charge in [-0.15, -0.1) is 11.3 Å². The third-order valence-corrected chi connectivity index (χ3v) is 11.1. The van der Waals surface area contributed by atoms with Gasteiger partial charge in [-0.05, 0) is 97.0 Å². The van der Waals surface area contributed by atoms with Gasteiger partial charge in [0.1, 0.15) is 5.00 Å². The first kappa shape index (κ1) is 35.5. The minimum atomic E-state index is -0.346. The fraction of sp³-hybridized carbons (Fsp3) is 0.390. The number of aryl methyl sites for hydroxylation is 3. The molecule has 8 nitrogen and oxygen atoms in total. The molecule has 9 heteroatoms. The number of fused-ring (bicyclic) bond motifs is 1. The van der Waals surface area contributed by atoms with E-state index in [9.17, 15) is 14.4 Å². The van der Waals surface area contributed by atoms with Gasteiger partial charge in [-0.2, -0.15) is 0 Å². The summed E-state index contributed by atoms with van der Waals surface area (Å²) < 4.78 is 5.43. The van der Waals surface area contributed by atoms with Crippen LogP contribution in [0.5, 0.6) is 0 Å². The van der Waals surface area contributed by atoms with E-state index in [1.165, 1.54) is 22.5 Å². The Balaban J connectivity index is 1.17. The number of morpholine rings is 1. The second kappa shape index (κ2) is 15.7. The van der Waals surface area contributed by atoms with E-state index in [4.69, 9.17) is 4.74 Å². The van der Waals surface area contributed by atoms with Gasteiger partial charge in [-0.3, -0.25) is 19.3 Å². The summed E-state index contributed by atoms with van der Waals surface area (Å²) in [4.78, 5) is 46.2. The molecule has 1 fully saturated rings. The van der Waals surface area contributed by atoms with Crippen molar-refractivity contribution in [2.75, 3.05) is 57.1 Å². The number of carbonyl (C=O) groups excluding carboxylic acids is 3. The Morgan fingerprint density at radius 2 is 1.66 bits per heavy atom. The minimum absolute atomic E-state index is 0.113. The normalized spacial score (nSPS) is 15.6. The first-order valence-electron chi connectivity index (χ1n) is 17.6. The topological polar surface area (TPSA) is 91.0 Å². The highest BCUT2D eigenvalue weighted by atomic mass is 32.1. The van der Waals surface area contributed by atoms with Crippen LogP contribution in [0.4, 0.5) is 10.7 Å². The molecule has 3 aromatic carbocycles. The maximum atomic E-state index is 14.0. The number of nitrogens with zero attached hydrogens (tertiary/aromatic N) is 2. The molecule has 0 saturated carbocycles. The Bertz CT molecular complexity index is 1840. The Morgan fingerprint density at radius 1 is 0.900 bits per heavy atom. The van der Waals surface area contributed by atoms with Crippen LogP contribution in [0.2, 0.25) is 0 Å². The highest BCUT2D eigenvalue weighted by Gasteiger charge is 2.33. The molecule has 2 N–H and O–H groups in total. The van der Waals surface area contributed by atoms with Crippen LogP contribution >= 0.6 is 11.3 Å². The van der Waals surface area contributed by atoms with Crippen molar-refractivity contribution < 1.29 is 19.1 Å². The summed E-state index contributed by atoms with van der Waals surface area (Å²) in [5.74, 6) is -0.705. The molecule has 2 heterocycles. The molecular formula is C41H48N4O4S. The Kier molecular flexibility index (Phi) is 11.2. The zero-order valence-corrected chi connectivity index (χ0v) is 30.5. The number of thiophene rings is 1. The first-order chi connectivity index (χ1) is 24.1. The summed E-state index contributed by atoms with van der Waals surface area (Å²) in [7, 11) is 1.79. The monoisotopic (exact) mass is 692 g/mol. The van der Waals surface area contributed by atoms with E-state index in [2.05, 4.69) is 66.6 Å². The lowest BCUT2D eigenvalue weighted by atomic mass is 9.77. The molecule has 6 rings (SSSR count). The van der Waals surface area contributed by atoms with Crippen molar-refractivity contribution in [1.29, 1.82) is 0 Å². The number of anilines is 2. The highest BCUT2D eigenvalue weighted by Crippen LogP contribution is 2.44. The van der Waals surface area contributed by atoms with Gasteiger partial charge >= 0.3 is 0 Å². The molecule has 262 valence electrons. The van der Waals surface area contributed by atoms with Crippen LogP contribution in [0.3, 0.4) is 0 Å². The molecule has 1 aromatic heterocycles. The maximum Gasteiger partial charge on any atom is 0.258 e. The Morgan fingerprint density at radius 3 is 2.42 bits per heavy atom. The van der Waals surface area contributed by atoms with E-state index in [0.717, 1.165) is 73.4 Å². The summed E-state index contributed by atoms with van der Waals surface area (Å²) in [5.41, 5.74) is 6.90. The molecule has 1 saturated heterocycles. The Labute approximate surface area is 299 Å². The molecule has 4 aromatic rings. The van der Waals surface area contributed by atoms with Gasteiger partial charge in [-0.1, -0.05) is 56.3 Å². The minimum Gasteiger partial charge on any atom is -0.379 e. The quantitative estimate of drug-likeness (QED) is 0.173. The van der Waals surface area contributed by atoms with Crippen LogP contribution in [0.1, 0.15) is 78.5 Å². The fourth-order valence-electron chi connectivity index (χ4n) is 6.81. The van der Waals surface area contributed by atoms with Crippen LogP contribution in [0.25, 0.3) is 0 Å². The lowest BCUT2D eigenvalue weighted by molar-refractivity contribution is 0.0338. The van der Waals surface area contributed by atoms with Crippen molar-refractivity contribution >= 4 is 39.7 Å². The van der Waals surface area contributed by atoms with Crippen LogP contribution in [0, 0.1) is 12.3 Å². The predicted octanol–water partition coefficient (Wildman–Crippen LogP) is 7.27. The summed E-state index contributed by atoms with van der Waals surface area (Å²) >= 11 is 1.49. The third kappa shape index (κ3) is 8.70. The number of nitrogens with one attached hydrogen (secondary N) is 2. The lowest BCUT2D eigenvalue weighted by Gasteiger charge is -2.29. The zero-order chi connectivity index (χ0) is 35.3. The standard InChI is InChI=1S/C41H48N4O4S/c1-28-25-33(16-15-30(28)14-13-29-9-6-5-7-10-29)42-38(47)36-34-17-18-41(2,3)27-35(34)50-39(36)43-37(46)31-11-8-12-32(26-31)40(48)44(4)19-20-45-21-23-49-24-22-45/h5-12,15-16,25-26H,13-14,17-24,27H2,1-4H3,(H,42,47)(H,43,46). The van der Waals surface area contributed by atoms with Crippen LogP contribution < -0.4 is 10.6 Å². The number of carbonyl (C=O) groups is 3. The number of likely N-dealkylation sites (N-methyl/N-ethyl adjacent to an activating group) is 1. The number of ether oxygens (including phenoxy) is 1. The maximum absolute atomic E-state index is 14.0. The molecule has 0 bridgehead atoms. The smallest absolute Gasteiger partial charge is 0.258 e. The number of benzene rings is 3. The van der Waals surface area contributed by atoms with Crippen LogP contribution in [0.15, 0.2) is 72.8 Å². The molecule has 3 amide bonds. The van der Waals surface area contributed by atoms with E-state index in [0.29, 0.717) is 41.4 Å². The number of rotatable bonds is 11. The van der Waals surface area contributed by atoms with E-state index in [1.54, 1.807) is 36.2 Å². The molecule has 1 aliphatic carbocycles. The average Bonchev–Trinajstić information content (AvgIpc) is 3.46. The van der Waals surface area contributed by atoms with Gasteiger partial charge in [0, 0.05) is 54.9 Å². The average molecular weight is 693 g/mol. The SMILES string of the molecule is Cc1cc(NC(=O)c2c(NC(=O)c3cccc(C(=O)N(C)CCN4CCOCC4)c3)sc3c2CCC(C)(C)C3)ccc1CCc1ccccc1. The molecule has 2 aliphatic rings. The first-order valence-corrected chi connectivity index (χ1v) is 18.4. The van der Waals surface area contributed by atoms with Crippen LogP contribution in [-0.2, 0) is 30.4 Å². The zero-order valence-electron chi connectivity index (χ0n) is 29.6. The molecule has 1 aliphatic heterocycles.